The van der Waals surface area contributed by atoms with Crippen molar-refractivity contribution in [3.05, 3.63) is 77.0 Å². The second kappa shape index (κ2) is 7.86. The topological polar surface area (TPSA) is 75.4 Å². The fourth-order valence-corrected chi connectivity index (χ4v) is 2.86. The number of nitrogens with zero attached hydrogens (tertiary/aromatic N) is 2. The van der Waals surface area contributed by atoms with Gasteiger partial charge in [0, 0.05) is 31.8 Å². The van der Waals surface area contributed by atoms with Crippen LogP contribution in [0.2, 0.25) is 0 Å². The molecule has 27 heavy (non-hydrogen) atoms. The van der Waals surface area contributed by atoms with Gasteiger partial charge in [0.2, 0.25) is 0 Å². The molecule has 0 aliphatic rings. The molecule has 6 nitrogen and oxygen atoms in total. The number of benzene rings is 2. The first-order valence-electron chi connectivity index (χ1n) is 8.59. The second-order valence-corrected chi connectivity index (χ2v) is 6.27. The third-order valence-electron chi connectivity index (χ3n) is 4.33. The molecule has 138 valence electrons. The largest absolute Gasteiger partial charge is 0.360 e. The molecule has 1 heterocycles. The first-order chi connectivity index (χ1) is 13.0. The molecular weight excluding hydrogens is 342 g/mol. The Morgan fingerprint density at radius 1 is 1.07 bits per heavy atom. The second-order valence-electron chi connectivity index (χ2n) is 6.27. The van der Waals surface area contributed by atoms with Gasteiger partial charge >= 0.3 is 0 Å². The van der Waals surface area contributed by atoms with Crippen molar-refractivity contribution >= 4 is 11.8 Å². The van der Waals surface area contributed by atoms with Crippen LogP contribution in [0.1, 0.15) is 32.0 Å². The van der Waals surface area contributed by atoms with E-state index in [-0.39, 0.29) is 11.8 Å². The minimum atomic E-state index is -0.164. The Labute approximate surface area is 157 Å². The molecule has 2 aromatic carbocycles. The molecule has 0 saturated heterocycles. The van der Waals surface area contributed by atoms with E-state index in [9.17, 15) is 9.59 Å². The van der Waals surface area contributed by atoms with Crippen LogP contribution in [0.4, 0.5) is 0 Å². The minimum Gasteiger partial charge on any atom is -0.360 e. The lowest BCUT2D eigenvalue weighted by Gasteiger charge is -2.17. The standard InChI is InChI=1S/C21H21N3O3/c1-14-18(19(23-27-14)16-7-5-4-6-8-16)21(26)24(3)13-15-9-11-17(12-10-15)20(25)22-2/h4-12H,13H2,1-3H3,(H,22,25). The first kappa shape index (κ1) is 18.4. The quantitative estimate of drug-likeness (QED) is 0.755. The maximum Gasteiger partial charge on any atom is 0.259 e. The lowest BCUT2D eigenvalue weighted by molar-refractivity contribution is 0.0783. The highest BCUT2D eigenvalue weighted by Crippen LogP contribution is 2.26. The van der Waals surface area contributed by atoms with Gasteiger partial charge in [-0.1, -0.05) is 47.6 Å². The van der Waals surface area contributed by atoms with Crippen LogP contribution in [-0.4, -0.2) is 36.0 Å². The average molecular weight is 363 g/mol. The molecule has 0 unspecified atom stereocenters. The number of hydrogen-bond donors (Lipinski definition) is 1. The summed E-state index contributed by atoms with van der Waals surface area (Å²) in [6.45, 7) is 2.14. The van der Waals surface area contributed by atoms with Gasteiger partial charge in [-0.3, -0.25) is 9.59 Å². The Morgan fingerprint density at radius 3 is 2.37 bits per heavy atom. The molecule has 6 heteroatoms. The van der Waals surface area contributed by atoms with Gasteiger partial charge < -0.3 is 14.7 Å². The zero-order valence-corrected chi connectivity index (χ0v) is 15.5. The molecule has 3 aromatic rings. The molecule has 0 radical (unpaired) electrons. The van der Waals surface area contributed by atoms with Crippen LogP contribution in [0.25, 0.3) is 11.3 Å². The Hall–Kier alpha value is -3.41. The van der Waals surface area contributed by atoms with Gasteiger partial charge in [0.1, 0.15) is 17.0 Å². The number of nitrogens with one attached hydrogen (secondary N) is 1. The Kier molecular flexibility index (Phi) is 5.35. The molecule has 2 amide bonds. The van der Waals surface area contributed by atoms with E-state index in [4.69, 9.17) is 4.52 Å². The van der Waals surface area contributed by atoms with Crippen LogP contribution in [0.5, 0.6) is 0 Å². The lowest BCUT2D eigenvalue weighted by Crippen LogP contribution is -2.27. The molecule has 0 atom stereocenters. The maximum absolute atomic E-state index is 13.0. The normalized spacial score (nSPS) is 10.5. The lowest BCUT2D eigenvalue weighted by atomic mass is 10.0. The van der Waals surface area contributed by atoms with Gasteiger partial charge in [0.05, 0.1) is 0 Å². The summed E-state index contributed by atoms with van der Waals surface area (Å²) in [7, 11) is 3.32. The maximum atomic E-state index is 13.0. The SMILES string of the molecule is CNC(=O)c1ccc(CN(C)C(=O)c2c(-c3ccccc3)noc2C)cc1. The molecular formula is C21H21N3O3. The fourth-order valence-electron chi connectivity index (χ4n) is 2.86. The summed E-state index contributed by atoms with van der Waals surface area (Å²) in [4.78, 5) is 26.2. The van der Waals surface area contributed by atoms with E-state index in [0.29, 0.717) is 29.1 Å². The molecule has 0 bridgehead atoms. The first-order valence-corrected chi connectivity index (χ1v) is 8.59. The van der Waals surface area contributed by atoms with Crippen LogP contribution in [0.3, 0.4) is 0 Å². The van der Waals surface area contributed by atoms with Crippen LogP contribution in [-0.2, 0) is 6.54 Å². The van der Waals surface area contributed by atoms with Crippen molar-refractivity contribution in [3.8, 4) is 11.3 Å². The van der Waals surface area contributed by atoms with Gasteiger partial charge in [-0.2, -0.15) is 0 Å². The summed E-state index contributed by atoms with van der Waals surface area (Å²) in [6, 6.07) is 16.7. The van der Waals surface area contributed by atoms with Crippen molar-refractivity contribution in [1.82, 2.24) is 15.4 Å². The molecule has 0 spiro atoms. The minimum absolute atomic E-state index is 0.140. The predicted molar refractivity (Wildman–Crippen MR) is 102 cm³/mol. The number of aromatic nitrogens is 1. The van der Waals surface area contributed by atoms with Crippen LogP contribution in [0.15, 0.2) is 59.1 Å². The van der Waals surface area contributed by atoms with E-state index >= 15 is 0 Å². The highest BCUT2D eigenvalue weighted by molar-refractivity contribution is 6.00. The number of aryl methyl sites for hydroxylation is 1. The third-order valence-corrected chi connectivity index (χ3v) is 4.33. The summed E-state index contributed by atoms with van der Waals surface area (Å²) >= 11 is 0. The van der Waals surface area contributed by atoms with Crippen LogP contribution < -0.4 is 5.32 Å². The monoisotopic (exact) mass is 363 g/mol. The van der Waals surface area contributed by atoms with Gasteiger partial charge in [0.15, 0.2) is 0 Å². The molecule has 0 aliphatic carbocycles. The molecule has 0 saturated carbocycles. The van der Waals surface area contributed by atoms with Crippen molar-refractivity contribution in [1.29, 1.82) is 0 Å². The van der Waals surface area contributed by atoms with E-state index in [1.54, 1.807) is 38.1 Å². The van der Waals surface area contributed by atoms with Crippen molar-refractivity contribution < 1.29 is 14.1 Å². The Morgan fingerprint density at radius 2 is 1.74 bits per heavy atom. The van der Waals surface area contributed by atoms with E-state index in [1.807, 2.05) is 42.5 Å². The molecule has 1 aromatic heterocycles. The van der Waals surface area contributed by atoms with Gasteiger partial charge in [-0.05, 0) is 24.6 Å². The van der Waals surface area contributed by atoms with E-state index in [2.05, 4.69) is 10.5 Å². The zero-order valence-electron chi connectivity index (χ0n) is 15.5. The summed E-state index contributed by atoms with van der Waals surface area (Å²) in [6.07, 6.45) is 0. The van der Waals surface area contributed by atoms with Crippen molar-refractivity contribution in [2.75, 3.05) is 14.1 Å². The van der Waals surface area contributed by atoms with Gasteiger partial charge in [-0.25, -0.2) is 0 Å². The Bertz CT molecular complexity index is 947. The van der Waals surface area contributed by atoms with E-state index < -0.39 is 0 Å². The molecule has 0 aliphatic heterocycles. The van der Waals surface area contributed by atoms with E-state index in [1.165, 1.54) is 0 Å². The smallest absolute Gasteiger partial charge is 0.259 e. The van der Waals surface area contributed by atoms with Crippen LogP contribution in [0, 0.1) is 6.92 Å². The molecule has 3 rings (SSSR count). The molecule has 1 N–H and O–H groups in total. The number of carbonyl (C=O) groups excluding carboxylic acids is 2. The van der Waals surface area contributed by atoms with E-state index in [0.717, 1.165) is 11.1 Å². The van der Waals surface area contributed by atoms with Crippen molar-refractivity contribution in [2.24, 2.45) is 0 Å². The number of rotatable bonds is 5. The third kappa shape index (κ3) is 3.89. The highest BCUT2D eigenvalue weighted by atomic mass is 16.5. The Balaban J connectivity index is 1.80. The average Bonchev–Trinajstić information content (AvgIpc) is 3.09. The number of hydrogen-bond acceptors (Lipinski definition) is 4. The summed E-state index contributed by atoms with van der Waals surface area (Å²) in [5.41, 5.74) is 3.34. The highest BCUT2D eigenvalue weighted by Gasteiger charge is 2.24. The number of amides is 2. The van der Waals surface area contributed by atoms with Crippen LogP contribution >= 0.6 is 0 Å². The van der Waals surface area contributed by atoms with Crippen molar-refractivity contribution in [2.45, 2.75) is 13.5 Å². The summed E-state index contributed by atoms with van der Waals surface area (Å²) in [5, 5.41) is 6.66. The fraction of sp³-hybridized carbons (Fsp3) is 0.190. The molecule has 0 fully saturated rings. The van der Waals surface area contributed by atoms with Crippen molar-refractivity contribution in [3.63, 3.8) is 0 Å². The predicted octanol–water partition coefficient (Wildman–Crippen LogP) is 3.28. The number of carbonyl (C=O) groups is 2. The summed E-state index contributed by atoms with van der Waals surface area (Å²) < 4.78 is 5.28. The van der Waals surface area contributed by atoms with Gasteiger partial charge in [0.25, 0.3) is 11.8 Å². The zero-order chi connectivity index (χ0) is 19.4. The van der Waals surface area contributed by atoms with Gasteiger partial charge in [-0.15, -0.1) is 0 Å². The summed E-state index contributed by atoms with van der Waals surface area (Å²) in [5.74, 6) is 0.183.